The third kappa shape index (κ3) is 5.35. The largest absolute Gasteiger partial charge is 0.490 e. The molecule has 8 heteroatoms. The molecule has 4 rings (SSSR count). The highest BCUT2D eigenvalue weighted by atomic mass is 32.2. The van der Waals surface area contributed by atoms with E-state index in [1.165, 1.54) is 19.2 Å². The molecule has 1 heterocycles. The molecule has 3 aromatic carbocycles. The minimum Gasteiger partial charge on any atom is -0.490 e. The van der Waals surface area contributed by atoms with Gasteiger partial charge in [0.05, 0.1) is 31.2 Å². The highest BCUT2D eigenvalue weighted by Gasteiger charge is 2.27. The van der Waals surface area contributed by atoms with E-state index in [0.717, 1.165) is 16.3 Å². The van der Waals surface area contributed by atoms with E-state index in [0.29, 0.717) is 36.9 Å². The summed E-state index contributed by atoms with van der Waals surface area (Å²) in [6.07, 6.45) is 0.724. The Morgan fingerprint density at radius 3 is 2.21 bits per heavy atom. The zero-order valence-electron chi connectivity index (χ0n) is 18.4. The number of benzene rings is 3. The van der Waals surface area contributed by atoms with Gasteiger partial charge in [0.1, 0.15) is 0 Å². The molecular formula is C25H26N2O5S. The Labute approximate surface area is 194 Å². The molecule has 0 aromatic heterocycles. The smallest absolute Gasteiger partial charge is 0.243 e. The molecule has 0 saturated carbocycles. The lowest BCUT2D eigenvalue weighted by Gasteiger charge is -2.26. The third-order valence-corrected chi connectivity index (χ3v) is 7.14. The van der Waals surface area contributed by atoms with E-state index in [4.69, 9.17) is 9.47 Å². The summed E-state index contributed by atoms with van der Waals surface area (Å²) in [5.41, 5.74) is 1.65. The fourth-order valence-corrected chi connectivity index (χ4v) is 4.68. The van der Waals surface area contributed by atoms with Crippen LogP contribution in [0, 0.1) is 0 Å². The van der Waals surface area contributed by atoms with Gasteiger partial charge in [0.15, 0.2) is 11.5 Å². The molecule has 0 aliphatic carbocycles. The van der Waals surface area contributed by atoms with E-state index in [2.05, 4.69) is 0 Å². The number of hydrogen-bond donors (Lipinski definition) is 0. The number of rotatable bonds is 7. The number of fused-ring (bicyclic) bond motifs is 1. The van der Waals surface area contributed by atoms with Gasteiger partial charge >= 0.3 is 0 Å². The maximum atomic E-state index is 13.3. The summed E-state index contributed by atoms with van der Waals surface area (Å²) in [5, 5.41) is 0. The second-order valence-electron chi connectivity index (χ2n) is 7.72. The summed E-state index contributed by atoms with van der Waals surface area (Å²) in [4.78, 5) is 14.9. The summed E-state index contributed by atoms with van der Waals surface area (Å²) in [7, 11) is -2.51. The predicted molar refractivity (Wildman–Crippen MR) is 126 cm³/mol. The maximum Gasteiger partial charge on any atom is 0.243 e. The van der Waals surface area contributed by atoms with Crippen molar-refractivity contribution >= 4 is 21.6 Å². The molecular weight excluding hydrogens is 440 g/mol. The average Bonchev–Trinajstić information content (AvgIpc) is 3.08. The first-order valence-corrected chi connectivity index (χ1v) is 12.1. The Morgan fingerprint density at radius 2 is 1.52 bits per heavy atom. The standard InChI is InChI=1S/C25H26N2O5S/c1-26(33(29,30)22-13-14-23-24(17-22)32-16-8-15-31-23)19-25(28)27(21-11-6-3-7-12-21)18-20-9-4-2-5-10-20/h2-7,9-14,17H,8,15-16,18-19H2,1H3. The predicted octanol–water partition coefficient (Wildman–Crippen LogP) is 3.70. The first-order chi connectivity index (χ1) is 15.9. The first kappa shape index (κ1) is 22.8. The highest BCUT2D eigenvalue weighted by Crippen LogP contribution is 2.32. The van der Waals surface area contributed by atoms with Crippen LogP contribution in [0.1, 0.15) is 12.0 Å². The molecule has 0 saturated heterocycles. The van der Waals surface area contributed by atoms with Gasteiger partial charge in [-0.1, -0.05) is 48.5 Å². The van der Waals surface area contributed by atoms with Crippen molar-refractivity contribution in [2.75, 3.05) is 31.7 Å². The van der Waals surface area contributed by atoms with Crippen LogP contribution in [0.25, 0.3) is 0 Å². The number of amides is 1. The topological polar surface area (TPSA) is 76.2 Å². The van der Waals surface area contributed by atoms with Crippen LogP contribution >= 0.6 is 0 Å². The molecule has 0 radical (unpaired) electrons. The minimum absolute atomic E-state index is 0.0522. The number of likely N-dealkylation sites (N-methyl/N-ethyl adjacent to an activating group) is 1. The Balaban J connectivity index is 1.55. The molecule has 3 aromatic rings. The molecule has 1 amide bonds. The van der Waals surface area contributed by atoms with Gasteiger partial charge in [-0.2, -0.15) is 4.31 Å². The van der Waals surface area contributed by atoms with E-state index < -0.39 is 10.0 Å². The lowest BCUT2D eigenvalue weighted by atomic mass is 10.2. The normalized spacial score (nSPS) is 13.4. The van der Waals surface area contributed by atoms with Crippen LogP contribution in [0.15, 0.2) is 83.8 Å². The van der Waals surface area contributed by atoms with E-state index in [9.17, 15) is 13.2 Å². The van der Waals surface area contributed by atoms with Crippen molar-refractivity contribution in [3.05, 3.63) is 84.4 Å². The second-order valence-corrected chi connectivity index (χ2v) is 9.77. The second kappa shape index (κ2) is 10.1. The van der Waals surface area contributed by atoms with Gasteiger partial charge in [0.2, 0.25) is 15.9 Å². The van der Waals surface area contributed by atoms with Gasteiger partial charge in [-0.25, -0.2) is 8.42 Å². The van der Waals surface area contributed by atoms with Gasteiger partial charge in [-0.3, -0.25) is 4.79 Å². The highest BCUT2D eigenvalue weighted by molar-refractivity contribution is 7.89. The van der Waals surface area contributed by atoms with Crippen LogP contribution in [-0.2, 0) is 21.4 Å². The molecule has 1 aliphatic rings. The van der Waals surface area contributed by atoms with Crippen molar-refractivity contribution in [2.24, 2.45) is 0 Å². The van der Waals surface area contributed by atoms with Gasteiger partial charge in [-0.15, -0.1) is 0 Å². The van der Waals surface area contributed by atoms with Crippen LogP contribution in [0.4, 0.5) is 5.69 Å². The molecule has 1 aliphatic heterocycles. The zero-order valence-corrected chi connectivity index (χ0v) is 19.2. The SMILES string of the molecule is CN(CC(=O)N(Cc1ccccc1)c1ccccc1)S(=O)(=O)c1ccc2c(c1)OCCCO2. The van der Waals surface area contributed by atoms with Crippen molar-refractivity contribution in [1.82, 2.24) is 4.31 Å². The van der Waals surface area contributed by atoms with E-state index >= 15 is 0 Å². The number of carbonyl (C=O) groups is 1. The van der Waals surface area contributed by atoms with Gasteiger partial charge < -0.3 is 14.4 Å². The molecule has 0 atom stereocenters. The fourth-order valence-electron chi connectivity index (χ4n) is 3.54. The average molecular weight is 467 g/mol. The molecule has 0 fully saturated rings. The first-order valence-electron chi connectivity index (χ1n) is 10.7. The third-order valence-electron chi connectivity index (χ3n) is 5.34. The lowest BCUT2D eigenvalue weighted by Crippen LogP contribution is -2.41. The van der Waals surface area contributed by atoms with Crippen LogP contribution < -0.4 is 14.4 Å². The monoisotopic (exact) mass is 466 g/mol. The number of nitrogens with zero attached hydrogens (tertiary/aromatic N) is 2. The Kier molecular flexibility index (Phi) is 6.96. The Morgan fingerprint density at radius 1 is 0.879 bits per heavy atom. The maximum absolute atomic E-state index is 13.3. The molecule has 0 spiro atoms. The summed E-state index contributed by atoms with van der Waals surface area (Å²) in [5.74, 6) is 0.581. The van der Waals surface area contributed by atoms with Crippen molar-refractivity contribution in [3.8, 4) is 11.5 Å². The molecule has 0 unspecified atom stereocenters. The van der Waals surface area contributed by atoms with Gasteiger partial charge in [0, 0.05) is 25.2 Å². The van der Waals surface area contributed by atoms with Gasteiger partial charge in [-0.05, 0) is 29.8 Å². The van der Waals surface area contributed by atoms with Crippen molar-refractivity contribution in [2.45, 2.75) is 17.9 Å². The van der Waals surface area contributed by atoms with E-state index in [1.807, 2.05) is 60.7 Å². The summed E-state index contributed by atoms with van der Waals surface area (Å²) < 4.78 is 38.7. The number of ether oxygens (including phenoxy) is 2. The molecule has 0 bridgehead atoms. The van der Waals surface area contributed by atoms with E-state index in [-0.39, 0.29) is 17.3 Å². The minimum atomic E-state index is -3.92. The van der Waals surface area contributed by atoms with Crippen molar-refractivity contribution in [3.63, 3.8) is 0 Å². The van der Waals surface area contributed by atoms with Crippen LogP contribution in [-0.4, -0.2) is 45.4 Å². The number of para-hydroxylation sites is 1. The number of hydrogen-bond acceptors (Lipinski definition) is 5. The summed E-state index contributed by atoms with van der Waals surface area (Å²) in [6, 6.07) is 23.3. The summed E-state index contributed by atoms with van der Waals surface area (Å²) in [6.45, 7) is 1.00. The number of sulfonamides is 1. The van der Waals surface area contributed by atoms with Crippen LogP contribution in [0.5, 0.6) is 11.5 Å². The Hall–Kier alpha value is -3.36. The molecule has 172 valence electrons. The summed E-state index contributed by atoms with van der Waals surface area (Å²) >= 11 is 0. The Bertz CT molecular complexity index is 1200. The lowest BCUT2D eigenvalue weighted by molar-refractivity contribution is -0.118. The van der Waals surface area contributed by atoms with Crippen LogP contribution in [0.3, 0.4) is 0 Å². The zero-order chi connectivity index (χ0) is 23.3. The molecule has 0 N–H and O–H groups in total. The van der Waals surface area contributed by atoms with Gasteiger partial charge in [0.25, 0.3) is 0 Å². The number of anilines is 1. The molecule has 7 nitrogen and oxygen atoms in total. The van der Waals surface area contributed by atoms with E-state index in [1.54, 1.807) is 11.0 Å². The number of carbonyl (C=O) groups excluding carboxylic acids is 1. The van der Waals surface area contributed by atoms with Crippen molar-refractivity contribution < 1.29 is 22.7 Å². The fraction of sp³-hybridized carbons (Fsp3) is 0.240. The quantitative estimate of drug-likeness (QED) is 0.531. The molecule has 33 heavy (non-hydrogen) atoms. The van der Waals surface area contributed by atoms with Crippen molar-refractivity contribution in [1.29, 1.82) is 0 Å². The van der Waals surface area contributed by atoms with Crippen LogP contribution in [0.2, 0.25) is 0 Å².